The van der Waals surface area contributed by atoms with Crippen LogP contribution in [0, 0.1) is 15.9 Å². The molecule has 4 aromatic rings. The fourth-order valence-electron chi connectivity index (χ4n) is 4.16. The molecular formula is C25H22FN5O7S2. The number of anilines is 1. The number of carbonyl (C=O) groups excluding carboxylic acids is 1. The van der Waals surface area contributed by atoms with Crippen molar-refractivity contribution in [1.82, 2.24) is 9.29 Å². The van der Waals surface area contributed by atoms with Gasteiger partial charge in [-0.3, -0.25) is 14.9 Å². The van der Waals surface area contributed by atoms with Crippen molar-refractivity contribution in [3.05, 3.63) is 81.9 Å². The van der Waals surface area contributed by atoms with Crippen molar-refractivity contribution in [3.63, 3.8) is 0 Å². The van der Waals surface area contributed by atoms with Crippen LogP contribution in [0.1, 0.15) is 30.0 Å². The van der Waals surface area contributed by atoms with Crippen LogP contribution in [-0.2, 0) is 14.8 Å². The maximum absolute atomic E-state index is 13.8. The second-order valence-electron chi connectivity index (χ2n) is 9.01. The van der Waals surface area contributed by atoms with Crippen LogP contribution < -0.4 is 5.01 Å². The molecule has 0 bridgehead atoms. The minimum Gasteiger partial charge on any atom is -0.400 e. The molecule has 3 heterocycles. The Kier molecular flexibility index (Phi) is 7.46. The molecule has 12 nitrogen and oxygen atoms in total. The number of hydrogen-bond acceptors (Lipinski definition) is 10. The average Bonchev–Trinajstić information content (AvgIpc) is 3.55. The minimum atomic E-state index is -3.83. The lowest BCUT2D eigenvalue weighted by Crippen LogP contribution is -2.48. The van der Waals surface area contributed by atoms with Gasteiger partial charge in [-0.15, -0.1) is 0 Å². The van der Waals surface area contributed by atoms with Gasteiger partial charge in [0.05, 0.1) is 39.6 Å². The van der Waals surface area contributed by atoms with Crippen molar-refractivity contribution in [3.8, 4) is 0 Å². The Balaban J connectivity index is 1.46. The fraction of sp³-hybridized carbons (Fsp3) is 0.240. The summed E-state index contributed by atoms with van der Waals surface area (Å²) in [6, 6.07) is 11.8. The van der Waals surface area contributed by atoms with E-state index in [1.165, 1.54) is 52.8 Å². The normalized spacial score (nSPS) is 18.4. The third-order valence-corrected chi connectivity index (χ3v) is 8.77. The summed E-state index contributed by atoms with van der Waals surface area (Å²) in [5, 5.41) is 16.1. The van der Waals surface area contributed by atoms with Crippen molar-refractivity contribution < 1.29 is 31.7 Å². The molecule has 0 spiro atoms. The van der Waals surface area contributed by atoms with E-state index in [2.05, 4.69) is 10.1 Å². The molecule has 2 unspecified atom stereocenters. The lowest BCUT2D eigenvalue weighted by Gasteiger charge is -2.34. The van der Waals surface area contributed by atoms with Crippen LogP contribution in [0.3, 0.4) is 0 Å². The second kappa shape index (κ2) is 10.8. The number of benzene rings is 2. The van der Waals surface area contributed by atoms with Crippen molar-refractivity contribution in [2.24, 2.45) is 5.10 Å². The lowest BCUT2D eigenvalue weighted by atomic mass is 10.2. The van der Waals surface area contributed by atoms with Gasteiger partial charge in [0.25, 0.3) is 5.91 Å². The first-order chi connectivity index (χ1) is 19.0. The molecule has 2 atom stereocenters. The van der Waals surface area contributed by atoms with E-state index in [1.807, 2.05) is 0 Å². The van der Waals surface area contributed by atoms with Crippen molar-refractivity contribution in [2.45, 2.75) is 31.0 Å². The Morgan fingerprint density at radius 3 is 2.52 bits per heavy atom. The number of nitro groups is 1. The molecule has 2 aromatic heterocycles. The standard InChI is InChI=1S/C25H22FN5O7S2/c1-15-13-29(14-16(2)37-15)40(35,36)20-7-3-17(4-8-20)24(32)30(27-12-19-6-10-23(38-19)31(33)34)25-28-21-9-5-18(26)11-22(21)39-25/h3-12,15-16H,13-14H2,1-2H3/b27-12+. The average molecular weight is 588 g/mol. The van der Waals surface area contributed by atoms with Gasteiger partial charge in [-0.05, 0) is 62.4 Å². The Hall–Kier alpha value is -4.05. The van der Waals surface area contributed by atoms with Crippen molar-refractivity contribution in [2.75, 3.05) is 18.1 Å². The highest BCUT2D eigenvalue weighted by Crippen LogP contribution is 2.31. The van der Waals surface area contributed by atoms with E-state index < -0.39 is 32.6 Å². The Labute approximate surface area is 231 Å². The number of halogens is 1. The maximum Gasteiger partial charge on any atom is 0.433 e. The predicted molar refractivity (Wildman–Crippen MR) is 145 cm³/mol. The molecule has 1 aliphatic heterocycles. The molecule has 1 amide bonds. The summed E-state index contributed by atoms with van der Waals surface area (Å²) in [6.45, 7) is 4.01. The van der Waals surface area contributed by atoms with Gasteiger partial charge in [-0.1, -0.05) is 11.3 Å². The van der Waals surface area contributed by atoms with E-state index >= 15 is 0 Å². The minimum absolute atomic E-state index is 0.00654. The topological polar surface area (TPSA) is 148 Å². The van der Waals surface area contributed by atoms with Gasteiger partial charge < -0.3 is 9.15 Å². The number of sulfonamides is 1. The van der Waals surface area contributed by atoms with Gasteiger partial charge in [0.1, 0.15) is 10.7 Å². The lowest BCUT2D eigenvalue weighted by molar-refractivity contribution is -0.402. The van der Waals surface area contributed by atoms with Crippen LogP contribution in [0.4, 0.5) is 15.4 Å². The molecule has 0 saturated carbocycles. The van der Waals surface area contributed by atoms with E-state index in [0.29, 0.717) is 10.2 Å². The summed E-state index contributed by atoms with van der Waals surface area (Å²) in [4.78, 5) is 28.2. The first-order valence-electron chi connectivity index (χ1n) is 12.0. The number of amides is 1. The molecule has 0 N–H and O–H groups in total. The summed E-state index contributed by atoms with van der Waals surface area (Å²) >= 11 is 1.00. The molecule has 1 aliphatic rings. The molecule has 15 heteroatoms. The number of morpholine rings is 1. The maximum atomic E-state index is 13.8. The zero-order chi connectivity index (χ0) is 28.6. The predicted octanol–water partition coefficient (Wildman–Crippen LogP) is 4.42. The Morgan fingerprint density at radius 2 is 1.88 bits per heavy atom. The highest BCUT2D eigenvalue weighted by Gasteiger charge is 2.32. The number of nitrogens with zero attached hydrogens (tertiary/aromatic N) is 5. The molecule has 1 fully saturated rings. The smallest absolute Gasteiger partial charge is 0.400 e. The molecule has 5 rings (SSSR count). The molecule has 1 saturated heterocycles. The van der Waals surface area contributed by atoms with Crippen LogP contribution >= 0.6 is 11.3 Å². The van der Waals surface area contributed by atoms with Gasteiger partial charge in [-0.2, -0.15) is 14.4 Å². The number of carbonyl (C=O) groups is 1. The molecule has 208 valence electrons. The number of ether oxygens (including phenoxy) is 1. The summed E-state index contributed by atoms with van der Waals surface area (Å²) in [6.07, 6.45) is 0.587. The van der Waals surface area contributed by atoms with Crippen molar-refractivity contribution >= 4 is 54.7 Å². The summed E-state index contributed by atoms with van der Waals surface area (Å²) in [7, 11) is -3.83. The van der Waals surface area contributed by atoms with Crippen molar-refractivity contribution in [1.29, 1.82) is 0 Å². The van der Waals surface area contributed by atoms with Gasteiger partial charge >= 0.3 is 5.88 Å². The van der Waals surface area contributed by atoms with Crippen LogP contribution in [0.5, 0.6) is 0 Å². The molecule has 0 radical (unpaired) electrons. The third-order valence-electron chi connectivity index (χ3n) is 5.93. The summed E-state index contributed by atoms with van der Waals surface area (Å²) < 4.78 is 52.7. The quantitative estimate of drug-likeness (QED) is 0.175. The van der Waals surface area contributed by atoms with Crippen LogP contribution in [0.15, 0.2) is 69.0 Å². The highest BCUT2D eigenvalue weighted by atomic mass is 32.2. The largest absolute Gasteiger partial charge is 0.433 e. The first-order valence-corrected chi connectivity index (χ1v) is 14.2. The monoisotopic (exact) mass is 587 g/mol. The third kappa shape index (κ3) is 5.62. The summed E-state index contributed by atoms with van der Waals surface area (Å²) in [5.41, 5.74) is 0.522. The van der Waals surface area contributed by atoms with Crippen LogP contribution in [0.25, 0.3) is 10.2 Å². The number of hydrazone groups is 1. The highest BCUT2D eigenvalue weighted by molar-refractivity contribution is 7.89. The zero-order valence-corrected chi connectivity index (χ0v) is 22.8. The van der Waals surface area contributed by atoms with Gasteiger partial charge in [0.15, 0.2) is 5.76 Å². The molecule has 2 aromatic carbocycles. The van der Waals surface area contributed by atoms with E-state index in [4.69, 9.17) is 9.15 Å². The Morgan fingerprint density at radius 1 is 1.18 bits per heavy atom. The number of rotatable bonds is 7. The second-order valence-corrected chi connectivity index (χ2v) is 12.0. The van der Waals surface area contributed by atoms with Gasteiger partial charge in [-0.25, -0.2) is 17.8 Å². The number of fused-ring (bicyclic) bond motifs is 1. The fourth-order valence-corrected chi connectivity index (χ4v) is 6.70. The first kappa shape index (κ1) is 27.5. The van der Waals surface area contributed by atoms with Crippen LogP contribution in [0.2, 0.25) is 0 Å². The molecule has 40 heavy (non-hydrogen) atoms. The van der Waals surface area contributed by atoms with E-state index in [0.717, 1.165) is 28.6 Å². The molecular weight excluding hydrogens is 565 g/mol. The number of furan rings is 1. The Bertz CT molecular complexity index is 1710. The summed E-state index contributed by atoms with van der Waals surface area (Å²) in [5.74, 6) is -1.65. The number of thiazole rings is 1. The van der Waals surface area contributed by atoms with E-state index in [9.17, 15) is 27.7 Å². The zero-order valence-electron chi connectivity index (χ0n) is 21.1. The molecule has 0 aliphatic carbocycles. The SMILES string of the molecule is CC1CN(S(=O)(=O)c2ccc(C(=O)N(/N=C/c3ccc([N+](=O)[O-])o3)c3nc4ccc(F)cc4s3)cc2)CC(C)O1. The van der Waals surface area contributed by atoms with E-state index in [1.54, 1.807) is 13.8 Å². The number of aromatic nitrogens is 1. The van der Waals surface area contributed by atoms with Crippen LogP contribution in [-0.4, -0.2) is 60.0 Å². The van der Waals surface area contributed by atoms with E-state index in [-0.39, 0.29) is 46.6 Å². The van der Waals surface area contributed by atoms with Gasteiger partial charge in [0.2, 0.25) is 15.2 Å². The number of hydrogen-bond donors (Lipinski definition) is 0. The van der Waals surface area contributed by atoms with Gasteiger partial charge in [0, 0.05) is 18.7 Å².